The monoisotopic (exact) mass is 306 g/mol. The summed E-state index contributed by atoms with van der Waals surface area (Å²) < 4.78 is 5.34. The van der Waals surface area contributed by atoms with Crippen LogP contribution in [0.4, 0.5) is 0 Å². The van der Waals surface area contributed by atoms with Crippen molar-refractivity contribution in [3.05, 3.63) is 24.2 Å². The molecule has 0 aromatic carbocycles. The lowest BCUT2D eigenvalue weighted by atomic mass is 10.1. The Morgan fingerprint density at radius 3 is 2.82 bits per heavy atom. The first-order chi connectivity index (χ1) is 10.8. The number of nitrogens with one attached hydrogen (secondary N) is 2. The molecule has 1 saturated heterocycles. The Morgan fingerprint density at radius 2 is 2.18 bits per heavy atom. The maximum Gasteiger partial charge on any atom is 0.191 e. The molecule has 0 radical (unpaired) electrons. The van der Waals surface area contributed by atoms with Gasteiger partial charge < -0.3 is 20.0 Å². The van der Waals surface area contributed by atoms with Crippen LogP contribution in [0.15, 0.2) is 27.8 Å². The smallest absolute Gasteiger partial charge is 0.191 e. The molecule has 1 aliphatic heterocycles. The van der Waals surface area contributed by atoms with E-state index in [-0.39, 0.29) is 0 Å². The van der Waals surface area contributed by atoms with E-state index in [9.17, 15) is 0 Å². The van der Waals surface area contributed by atoms with Gasteiger partial charge in [-0.25, -0.2) is 0 Å². The molecule has 0 bridgehead atoms. The molecule has 2 rings (SSSR count). The predicted octanol–water partition coefficient (Wildman–Crippen LogP) is 2.25. The van der Waals surface area contributed by atoms with Gasteiger partial charge in [0.25, 0.3) is 0 Å². The molecule has 5 nitrogen and oxygen atoms in total. The van der Waals surface area contributed by atoms with Gasteiger partial charge in [-0.3, -0.25) is 4.99 Å². The molecule has 22 heavy (non-hydrogen) atoms. The standard InChI is InChI=1S/C17H30N4O/c1-3-11-21-12-8-15(9-13-21)20-17(18-4-2)19-10-7-16-6-5-14-22-16/h5-6,14-15H,3-4,7-13H2,1-2H3,(H2,18,19,20). The molecule has 0 amide bonds. The van der Waals surface area contributed by atoms with Crippen LogP contribution in [-0.2, 0) is 6.42 Å². The first-order valence-corrected chi connectivity index (χ1v) is 8.61. The predicted molar refractivity (Wildman–Crippen MR) is 91.3 cm³/mol. The van der Waals surface area contributed by atoms with Crippen LogP contribution in [0.3, 0.4) is 0 Å². The Balaban J connectivity index is 1.76. The third-order valence-corrected chi connectivity index (χ3v) is 4.02. The lowest BCUT2D eigenvalue weighted by Gasteiger charge is -2.32. The van der Waals surface area contributed by atoms with Crippen molar-refractivity contribution in [1.82, 2.24) is 15.5 Å². The molecule has 2 N–H and O–H groups in total. The van der Waals surface area contributed by atoms with E-state index in [4.69, 9.17) is 4.42 Å². The fourth-order valence-corrected chi connectivity index (χ4v) is 2.86. The third-order valence-electron chi connectivity index (χ3n) is 4.02. The van der Waals surface area contributed by atoms with Gasteiger partial charge in [0.05, 0.1) is 6.26 Å². The summed E-state index contributed by atoms with van der Waals surface area (Å²) in [6.45, 7) is 9.60. The number of hydrogen-bond acceptors (Lipinski definition) is 3. The molecule has 1 aromatic heterocycles. The topological polar surface area (TPSA) is 52.8 Å². The first-order valence-electron chi connectivity index (χ1n) is 8.61. The van der Waals surface area contributed by atoms with Crippen molar-refractivity contribution in [3.63, 3.8) is 0 Å². The number of likely N-dealkylation sites (tertiary alicyclic amines) is 1. The van der Waals surface area contributed by atoms with Crippen molar-refractivity contribution in [3.8, 4) is 0 Å². The molecule has 0 atom stereocenters. The summed E-state index contributed by atoms with van der Waals surface area (Å²) in [4.78, 5) is 7.21. The zero-order valence-corrected chi connectivity index (χ0v) is 14.0. The van der Waals surface area contributed by atoms with E-state index in [0.29, 0.717) is 6.04 Å². The Bertz CT molecular complexity index is 422. The highest BCUT2D eigenvalue weighted by atomic mass is 16.3. The number of nitrogens with zero attached hydrogens (tertiary/aromatic N) is 2. The SMILES string of the molecule is CCCN1CCC(NC(=NCCc2ccco2)NCC)CC1. The first kappa shape index (κ1) is 16.9. The Kier molecular flexibility index (Phi) is 7.30. The molecular weight excluding hydrogens is 276 g/mol. The van der Waals surface area contributed by atoms with E-state index >= 15 is 0 Å². The average Bonchev–Trinajstić information content (AvgIpc) is 3.03. The minimum absolute atomic E-state index is 0.537. The molecular formula is C17H30N4O. The summed E-state index contributed by atoms with van der Waals surface area (Å²) in [6.07, 6.45) is 6.20. The minimum atomic E-state index is 0.537. The molecule has 1 aromatic rings. The van der Waals surface area contributed by atoms with Crippen LogP contribution in [0.25, 0.3) is 0 Å². The van der Waals surface area contributed by atoms with Gasteiger partial charge in [0.15, 0.2) is 5.96 Å². The van der Waals surface area contributed by atoms with Crippen LogP contribution in [0.1, 0.15) is 38.9 Å². The largest absolute Gasteiger partial charge is 0.469 e. The maximum atomic E-state index is 5.34. The molecule has 0 aliphatic carbocycles. The second-order valence-electron chi connectivity index (χ2n) is 5.85. The number of hydrogen-bond donors (Lipinski definition) is 2. The van der Waals surface area contributed by atoms with Crippen LogP contribution >= 0.6 is 0 Å². The van der Waals surface area contributed by atoms with Crippen molar-refractivity contribution < 1.29 is 4.42 Å². The van der Waals surface area contributed by atoms with Gasteiger partial charge in [-0.1, -0.05) is 6.92 Å². The number of rotatable bonds is 7. The number of aliphatic imine (C=N–C) groups is 1. The molecule has 0 unspecified atom stereocenters. The van der Waals surface area contributed by atoms with E-state index in [1.54, 1.807) is 6.26 Å². The molecule has 124 valence electrons. The normalized spacial score (nSPS) is 17.6. The average molecular weight is 306 g/mol. The van der Waals surface area contributed by atoms with Crippen molar-refractivity contribution in [2.45, 2.75) is 45.6 Å². The van der Waals surface area contributed by atoms with Gasteiger partial charge >= 0.3 is 0 Å². The zero-order chi connectivity index (χ0) is 15.6. The minimum Gasteiger partial charge on any atom is -0.469 e. The molecule has 2 heterocycles. The number of furan rings is 1. The van der Waals surface area contributed by atoms with Crippen molar-refractivity contribution in [1.29, 1.82) is 0 Å². The fourth-order valence-electron chi connectivity index (χ4n) is 2.86. The van der Waals surface area contributed by atoms with Gasteiger partial charge in [0, 0.05) is 38.6 Å². The molecule has 0 saturated carbocycles. The van der Waals surface area contributed by atoms with Crippen molar-refractivity contribution in [2.75, 3.05) is 32.7 Å². The molecule has 0 spiro atoms. The number of guanidine groups is 1. The van der Waals surface area contributed by atoms with Gasteiger partial charge in [0.2, 0.25) is 0 Å². The Hall–Kier alpha value is -1.49. The van der Waals surface area contributed by atoms with Crippen molar-refractivity contribution in [2.24, 2.45) is 4.99 Å². The molecule has 5 heteroatoms. The quantitative estimate of drug-likeness (QED) is 0.599. The summed E-state index contributed by atoms with van der Waals surface area (Å²) >= 11 is 0. The Morgan fingerprint density at radius 1 is 1.36 bits per heavy atom. The third kappa shape index (κ3) is 5.72. The van der Waals surface area contributed by atoms with E-state index < -0.39 is 0 Å². The van der Waals surface area contributed by atoms with Crippen LogP contribution in [-0.4, -0.2) is 49.6 Å². The van der Waals surface area contributed by atoms with Gasteiger partial charge in [-0.15, -0.1) is 0 Å². The zero-order valence-electron chi connectivity index (χ0n) is 14.0. The maximum absolute atomic E-state index is 5.34. The summed E-state index contributed by atoms with van der Waals surface area (Å²) in [6, 6.07) is 4.46. The van der Waals surface area contributed by atoms with Crippen LogP contribution in [0.5, 0.6) is 0 Å². The van der Waals surface area contributed by atoms with Crippen LogP contribution < -0.4 is 10.6 Å². The van der Waals surface area contributed by atoms with Gasteiger partial charge in [-0.2, -0.15) is 0 Å². The second kappa shape index (κ2) is 9.51. The van der Waals surface area contributed by atoms with Crippen LogP contribution in [0.2, 0.25) is 0 Å². The summed E-state index contributed by atoms with van der Waals surface area (Å²) in [7, 11) is 0. The number of piperidine rings is 1. The lowest BCUT2D eigenvalue weighted by molar-refractivity contribution is 0.206. The lowest BCUT2D eigenvalue weighted by Crippen LogP contribution is -2.48. The van der Waals surface area contributed by atoms with E-state index in [1.807, 2.05) is 12.1 Å². The van der Waals surface area contributed by atoms with Crippen LogP contribution in [0, 0.1) is 0 Å². The molecule has 1 aliphatic rings. The summed E-state index contributed by atoms with van der Waals surface area (Å²) in [5.41, 5.74) is 0. The highest BCUT2D eigenvalue weighted by molar-refractivity contribution is 5.80. The van der Waals surface area contributed by atoms with E-state index in [2.05, 4.69) is 34.4 Å². The van der Waals surface area contributed by atoms with Gasteiger partial charge in [0.1, 0.15) is 5.76 Å². The van der Waals surface area contributed by atoms with Gasteiger partial charge in [-0.05, 0) is 44.9 Å². The van der Waals surface area contributed by atoms with E-state index in [1.165, 1.54) is 38.9 Å². The highest BCUT2D eigenvalue weighted by Gasteiger charge is 2.19. The van der Waals surface area contributed by atoms with E-state index in [0.717, 1.165) is 31.2 Å². The molecule has 1 fully saturated rings. The fraction of sp³-hybridized carbons (Fsp3) is 0.706. The second-order valence-corrected chi connectivity index (χ2v) is 5.85. The Labute approximate surface area is 134 Å². The van der Waals surface area contributed by atoms with Crippen molar-refractivity contribution >= 4 is 5.96 Å². The summed E-state index contributed by atoms with van der Waals surface area (Å²) in [5.74, 6) is 1.93. The summed E-state index contributed by atoms with van der Waals surface area (Å²) in [5, 5.41) is 6.92. The highest BCUT2D eigenvalue weighted by Crippen LogP contribution is 2.10.